The van der Waals surface area contributed by atoms with E-state index in [-0.39, 0.29) is 24.4 Å². The Balaban J connectivity index is 0.00000182. The number of nitrogens with two attached hydrogens (primary N) is 1. The van der Waals surface area contributed by atoms with Crippen LogP contribution in [-0.2, 0) is 0 Å². The van der Waals surface area contributed by atoms with Gasteiger partial charge in [0.15, 0.2) is 0 Å². The van der Waals surface area contributed by atoms with Crippen LogP contribution in [0.5, 0.6) is 0 Å². The number of nitrogens with one attached hydrogen (secondary N) is 1. The van der Waals surface area contributed by atoms with Gasteiger partial charge in [-0.1, -0.05) is 30.3 Å². The third-order valence-corrected chi connectivity index (χ3v) is 5.41. The van der Waals surface area contributed by atoms with Crippen molar-refractivity contribution in [3.63, 3.8) is 0 Å². The SMILES string of the molecule is Cl.NC1CCC2CN(C(=O)c3ccccc3Nc3ccccc3)CC12. The van der Waals surface area contributed by atoms with E-state index in [2.05, 4.69) is 5.32 Å². The van der Waals surface area contributed by atoms with Crippen LogP contribution in [0.25, 0.3) is 0 Å². The summed E-state index contributed by atoms with van der Waals surface area (Å²) >= 11 is 0. The van der Waals surface area contributed by atoms with Crippen molar-refractivity contribution in [2.45, 2.75) is 18.9 Å². The Hall–Kier alpha value is -2.04. The molecule has 2 aromatic rings. The second-order valence-electron chi connectivity index (χ2n) is 6.91. The van der Waals surface area contributed by atoms with E-state index in [0.717, 1.165) is 42.9 Å². The molecule has 25 heavy (non-hydrogen) atoms. The topological polar surface area (TPSA) is 58.4 Å². The average Bonchev–Trinajstić information content (AvgIpc) is 3.18. The van der Waals surface area contributed by atoms with E-state index < -0.39 is 0 Å². The van der Waals surface area contributed by atoms with Crippen molar-refractivity contribution in [2.75, 3.05) is 18.4 Å². The number of hydrogen-bond acceptors (Lipinski definition) is 3. The molecule has 5 heteroatoms. The van der Waals surface area contributed by atoms with E-state index in [4.69, 9.17) is 5.73 Å². The molecule has 2 aliphatic rings. The van der Waals surface area contributed by atoms with Crippen LogP contribution in [0.4, 0.5) is 11.4 Å². The number of halogens is 1. The van der Waals surface area contributed by atoms with Gasteiger partial charge in [0.1, 0.15) is 0 Å². The summed E-state index contributed by atoms with van der Waals surface area (Å²) in [6, 6.07) is 17.9. The van der Waals surface area contributed by atoms with Crippen molar-refractivity contribution >= 4 is 29.7 Å². The average molecular weight is 358 g/mol. The predicted octanol–water partition coefficient (Wildman–Crippen LogP) is 3.66. The number of anilines is 2. The number of nitrogens with zero attached hydrogens (tertiary/aromatic N) is 1. The van der Waals surface area contributed by atoms with Gasteiger partial charge in [-0.25, -0.2) is 0 Å². The highest BCUT2D eigenvalue weighted by Crippen LogP contribution is 2.38. The summed E-state index contributed by atoms with van der Waals surface area (Å²) in [5.41, 5.74) is 8.77. The molecule has 2 fully saturated rings. The minimum atomic E-state index is 0. The van der Waals surface area contributed by atoms with E-state index >= 15 is 0 Å². The molecule has 3 N–H and O–H groups in total. The summed E-state index contributed by atoms with van der Waals surface area (Å²) in [5, 5.41) is 3.36. The molecule has 1 amide bonds. The summed E-state index contributed by atoms with van der Waals surface area (Å²) in [5.74, 6) is 1.16. The largest absolute Gasteiger partial charge is 0.355 e. The molecule has 1 saturated heterocycles. The van der Waals surface area contributed by atoms with Gasteiger partial charge in [-0.15, -0.1) is 12.4 Å². The number of carbonyl (C=O) groups is 1. The fourth-order valence-corrected chi connectivity index (χ4v) is 4.10. The van der Waals surface area contributed by atoms with Gasteiger partial charge in [-0.3, -0.25) is 4.79 Å². The van der Waals surface area contributed by atoms with Gasteiger partial charge in [0.2, 0.25) is 0 Å². The Morgan fingerprint density at radius 2 is 1.72 bits per heavy atom. The third kappa shape index (κ3) is 3.51. The van der Waals surface area contributed by atoms with E-state index in [9.17, 15) is 4.79 Å². The zero-order valence-corrected chi connectivity index (χ0v) is 14.9. The zero-order valence-electron chi connectivity index (χ0n) is 14.1. The summed E-state index contributed by atoms with van der Waals surface area (Å²) in [6.07, 6.45) is 2.25. The van der Waals surface area contributed by atoms with E-state index in [0.29, 0.717) is 11.8 Å². The Labute approximate surface area is 154 Å². The van der Waals surface area contributed by atoms with E-state index in [1.807, 2.05) is 59.5 Å². The van der Waals surface area contributed by atoms with Gasteiger partial charge in [0.05, 0.1) is 11.3 Å². The van der Waals surface area contributed by atoms with Crippen LogP contribution in [0.3, 0.4) is 0 Å². The van der Waals surface area contributed by atoms with Crippen molar-refractivity contribution in [1.82, 2.24) is 4.90 Å². The highest BCUT2D eigenvalue weighted by Gasteiger charge is 2.42. The Morgan fingerprint density at radius 3 is 2.48 bits per heavy atom. The minimum Gasteiger partial charge on any atom is -0.355 e. The monoisotopic (exact) mass is 357 g/mol. The minimum absolute atomic E-state index is 0. The molecule has 4 nitrogen and oxygen atoms in total. The smallest absolute Gasteiger partial charge is 0.255 e. The molecule has 0 aromatic heterocycles. The first-order valence-electron chi connectivity index (χ1n) is 8.68. The van der Waals surface area contributed by atoms with Crippen LogP contribution in [0.1, 0.15) is 23.2 Å². The van der Waals surface area contributed by atoms with Crippen LogP contribution in [-0.4, -0.2) is 29.9 Å². The Morgan fingerprint density at radius 1 is 1.00 bits per heavy atom. The number of benzene rings is 2. The molecule has 4 rings (SSSR count). The lowest BCUT2D eigenvalue weighted by molar-refractivity contribution is 0.0780. The molecule has 1 aliphatic heterocycles. The summed E-state index contributed by atoms with van der Waals surface area (Å²) in [6.45, 7) is 1.64. The van der Waals surface area contributed by atoms with E-state index in [1.54, 1.807) is 0 Å². The molecule has 1 aliphatic carbocycles. The number of fused-ring (bicyclic) bond motifs is 1. The third-order valence-electron chi connectivity index (χ3n) is 5.41. The second kappa shape index (κ2) is 7.46. The zero-order chi connectivity index (χ0) is 16.5. The fourth-order valence-electron chi connectivity index (χ4n) is 4.10. The van der Waals surface area contributed by atoms with Gasteiger partial charge >= 0.3 is 0 Å². The molecule has 3 atom stereocenters. The summed E-state index contributed by atoms with van der Waals surface area (Å²) in [7, 11) is 0. The molecule has 1 saturated carbocycles. The maximum Gasteiger partial charge on any atom is 0.255 e. The van der Waals surface area contributed by atoms with Gasteiger partial charge in [-0.2, -0.15) is 0 Å². The fraction of sp³-hybridized carbons (Fsp3) is 0.350. The molecule has 132 valence electrons. The number of amides is 1. The number of para-hydroxylation sites is 2. The van der Waals surface area contributed by atoms with Crippen molar-refractivity contribution < 1.29 is 4.79 Å². The van der Waals surface area contributed by atoms with Crippen molar-refractivity contribution in [3.8, 4) is 0 Å². The van der Waals surface area contributed by atoms with Crippen LogP contribution in [0.15, 0.2) is 54.6 Å². The first-order chi connectivity index (χ1) is 11.7. The van der Waals surface area contributed by atoms with E-state index in [1.165, 1.54) is 0 Å². The highest BCUT2D eigenvalue weighted by atomic mass is 35.5. The van der Waals surface area contributed by atoms with Gasteiger partial charge in [0.25, 0.3) is 5.91 Å². The first kappa shape index (κ1) is 17.8. The lowest BCUT2D eigenvalue weighted by Gasteiger charge is -2.21. The lowest BCUT2D eigenvalue weighted by Crippen LogP contribution is -2.33. The highest BCUT2D eigenvalue weighted by molar-refractivity contribution is 6.00. The Kier molecular flexibility index (Phi) is 5.30. The van der Waals surface area contributed by atoms with Crippen LogP contribution >= 0.6 is 12.4 Å². The number of rotatable bonds is 3. The van der Waals surface area contributed by atoms with Crippen molar-refractivity contribution in [2.24, 2.45) is 17.6 Å². The number of likely N-dealkylation sites (tertiary alicyclic amines) is 1. The number of hydrogen-bond donors (Lipinski definition) is 2. The summed E-state index contributed by atoms with van der Waals surface area (Å²) < 4.78 is 0. The van der Waals surface area contributed by atoms with Gasteiger partial charge in [-0.05, 0) is 48.9 Å². The Bertz CT molecular complexity index is 737. The van der Waals surface area contributed by atoms with Gasteiger partial charge in [0, 0.05) is 24.8 Å². The molecular weight excluding hydrogens is 334 g/mol. The van der Waals surface area contributed by atoms with Crippen molar-refractivity contribution in [1.29, 1.82) is 0 Å². The number of carbonyl (C=O) groups excluding carboxylic acids is 1. The molecule has 0 bridgehead atoms. The van der Waals surface area contributed by atoms with Crippen molar-refractivity contribution in [3.05, 3.63) is 60.2 Å². The normalized spacial score (nSPS) is 24.5. The quantitative estimate of drug-likeness (QED) is 0.881. The first-order valence-corrected chi connectivity index (χ1v) is 8.68. The lowest BCUT2D eigenvalue weighted by atomic mass is 9.98. The molecule has 0 radical (unpaired) electrons. The second-order valence-corrected chi connectivity index (χ2v) is 6.91. The van der Waals surface area contributed by atoms with Crippen LogP contribution < -0.4 is 11.1 Å². The van der Waals surface area contributed by atoms with Crippen LogP contribution in [0.2, 0.25) is 0 Å². The van der Waals surface area contributed by atoms with Crippen LogP contribution in [0, 0.1) is 11.8 Å². The maximum absolute atomic E-state index is 13.0. The summed E-state index contributed by atoms with van der Waals surface area (Å²) in [4.78, 5) is 15.0. The standard InChI is InChI=1S/C20H23N3O.ClH/c21-18-11-10-14-12-23(13-17(14)18)20(24)16-8-4-5-9-19(16)22-15-6-2-1-3-7-15;/h1-9,14,17-18,22H,10-13,21H2;1H. The molecule has 2 aromatic carbocycles. The molecule has 0 spiro atoms. The molecule has 1 heterocycles. The van der Waals surface area contributed by atoms with Gasteiger partial charge < -0.3 is 16.0 Å². The predicted molar refractivity (Wildman–Crippen MR) is 104 cm³/mol. The molecule has 3 unspecified atom stereocenters. The maximum atomic E-state index is 13.0. The molecular formula is C20H24ClN3O.